The molecule has 0 aliphatic rings. The number of hydrogen-bond donors (Lipinski definition) is 1. The van der Waals surface area contributed by atoms with Crippen LogP contribution in [0.2, 0.25) is 18.1 Å². The van der Waals surface area contributed by atoms with Crippen LogP contribution in [0.15, 0.2) is 51.7 Å². The summed E-state index contributed by atoms with van der Waals surface area (Å²) in [6.45, 7) is 16.6. The maximum Gasteiger partial charge on any atom is 0.196 e. The summed E-state index contributed by atoms with van der Waals surface area (Å²) in [5, 5.41) is 11.2. The van der Waals surface area contributed by atoms with Crippen molar-refractivity contribution in [3.63, 3.8) is 0 Å². The van der Waals surface area contributed by atoms with Gasteiger partial charge in [0.25, 0.3) is 0 Å². The zero-order valence-corrected chi connectivity index (χ0v) is 27.0. The van der Waals surface area contributed by atoms with E-state index in [9.17, 15) is 14.7 Å². The maximum atomic E-state index is 13.3. The highest BCUT2D eigenvalue weighted by Crippen LogP contribution is 2.39. The number of fused-ring (bicyclic) bond motifs is 1. The van der Waals surface area contributed by atoms with E-state index in [0.717, 1.165) is 5.56 Å². The summed E-state index contributed by atoms with van der Waals surface area (Å²) >= 11 is 0. The zero-order valence-electron chi connectivity index (χ0n) is 26.0. The number of hydrogen-bond acceptors (Lipinski definition) is 7. The molecule has 0 saturated carbocycles. The van der Waals surface area contributed by atoms with Crippen molar-refractivity contribution in [2.45, 2.75) is 97.8 Å². The number of carbonyl (C=O) groups excluding carboxylic acids is 1. The smallest absolute Gasteiger partial charge is 0.196 e. The first-order valence-electron chi connectivity index (χ1n) is 14.3. The lowest BCUT2D eigenvalue weighted by Gasteiger charge is -2.38. The summed E-state index contributed by atoms with van der Waals surface area (Å²) < 4.78 is 24.2. The van der Waals surface area contributed by atoms with Crippen molar-refractivity contribution < 1.29 is 28.2 Å². The minimum Gasteiger partial charge on any atom is -0.496 e. The third-order valence-electron chi connectivity index (χ3n) is 8.01. The van der Waals surface area contributed by atoms with Crippen LogP contribution in [0.5, 0.6) is 11.5 Å². The van der Waals surface area contributed by atoms with Gasteiger partial charge in [0, 0.05) is 36.1 Å². The van der Waals surface area contributed by atoms with Crippen LogP contribution in [0.4, 0.5) is 0 Å². The fourth-order valence-electron chi connectivity index (χ4n) is 4.74. The fraction of sp³-hybridized carbons (Fsp3) is 0.515. The molecule has 1 N–H and O–H groups in total. The maximum absolute atomic E-state index is 13.3. The molecular weight excluding hydrogens is 536 g/mol. The van der Waals surface area contributed by atoms with E-state index in [4.69, 9.17) is 18.3 Å². The molecule has 41 heavy (non-hydrogen) atoms. The van der Waals surface area contributed by atoms with Gasteiger partial charge in [-0.1, -0.05) is 58.0 Å². The number of methoxy groups -OCH3 is 1. The predicted octanol–water partition coefficient (Wildman–Crippen LogP) is 6.99. The second kappa shape index (κ2) is 13.4. The Morgan fingerprint density at radius 3 is 2.37 bits per heavy atom. The first-order chi connectivity index (χ1) is 19.1. The van der Waals surface area contributed by atoms with Crippen LogP contribution in [0, 0.1) is 12.8 Å². The number of aliphatic hydroxyl groups excluding tert-OH is 1. The molecule has 3 aromatic rings. The number of carbonyl (C=O) groups is 1. The van der Waals surface area contributed by atoms with Crippen molar-refractivity contribution in [1.29, 1.82) is 0 Å². The Bertz CT molecular complexity index is 1390. The second-order valence-electron chi connectivity index (χ2n) is 12.6. The van der Waals surface area contributed by atoms with Gasteiger partial charge >= 0.3 is 0 Å². The molecule has 3 rings (SSSR count). The molecule has 0 spiro atoms. The summed E-state index contributed by atoms with van der Waals surface area (Å²) in [7, 11) is -0.444. The van der Waals surface area contributed by atoms with Crippen molar-refractivity contribution in [2.24, 2.45) is 5.92 Å². The van der Waals surface area contributed by atoms with Crippen molar-refractivity contribution >= 4 is 25.1 Å². The Balaban J connectivity index is 1.84. The summed E-state index contributed by atoms with van der Waals surface area (Å²) in [4.78, 5) is 26.4. The Labute approximate surface area is 245 Å². The predicted molar refractivity (Wildman–Crippen MR) is 165 cm³/mol. The highest BCUT2D eigenvalue weighted by molar-refractivity contribution is 6.74. The summed E-state index contributed by atoms with van der Waals surface area (Å²) in [6.07, 6.45) is -0.291. The lowest BCUT2D eigenvalue weighted by atomic mass is 9.91. The van der Waals surface area contributed by atoms with Crippen LogP contribution in [-0.4, -0.2) is 38.5 Å². The van der Waals surface area contributed by atoms with E-state index in [0.29, 0.717) is 40.2 Å². The highest BCUT2D eigenvalue weighted by Gasteiger charge is 2.38. The van der Waals surface area contributed by atoms with Crippen LogP contribution in [0.3, 0.4) is 0 Å². The minimum atomic E-state index is -1.98. The van der Waals surface area contributed by atoms with E-state index in [1.807, 2.05) is 44.2 Å². The van der Waals surface area contributed by atoms with Gasteiger partial charge in [-0.2, -0.15) is 0 Å². The largest absolute Gasteiger partial charge is 0.496 e. The molecule has 0 fully saturated rings. The molecule has 0 amide bonds. The molecule has 0 radical (unpaired) electrons. The number of benzene rings is 2. The Kier molecular flexibility index (Phi) is 10.6. The standard InChI is InChI=1S/C33H46O7Si/c1-21(27(35)18-25(34)16-23(3)40-41(8,9)33(4,5)6)15-26-29(37-7)19-30-31(28(36)17-22(2)39-30)32(26)38-20-24-13-11-10-12-14-24/h10-14,17,19,21,23,25,34H,15-16,18,20H2,1-9H3/t21-,23-,25-/m0/s1. The van der Waals surface area contributed by atoms with Crippen LogP contribution in [0.25, 0.3) is 11.0 Å². The van der Waals surface area contributed by atoms with E-state index >= 15 is 0 Å². The number of aryl methyl sites for hydroxylation is 1. The Hall–Kier alpha value is -2.94. The van der Waals surface area contributed by atoms with Crippen molar-refractivity contribution in [3.05, 3.63) is 69.6 Å². The van der Waals surface area contributed by atoms with Gasteiger partial charge in [-0.15, -0.1) is 0 Å². The van der Waals surface area contributed by atoms with Crippen molar-refractivity contribution in [2.75, 3.05) is 7.11 Å². The fourth-order valence-corrected chi connectivity index (χ4v) is 6.19. The molecule has 0 aliphatic carbocycles. The van der Waals surface area contributed by atoms with Crippen LogP contribution in [0.1, 0.15) is 64.3 Å². The molecule has 8 heteroatoms. The number of rotatable bonds is 13. The van der Waals surface area contributed by atoms with Gasteiger partial charge in [0.1, 0.15) is 40.6 Å². The van der Waals surface area contributed by atoms with Gasteiger partial charge in [0.05, 0.1) is 13.2 Å². The highest BCUT2D eigenvalue weighted by atomic mass is 28.4. The molecule has 2 aromatic carbocycles. The van der Waals surface area contributed by atoms with Crippen molar-refractivity contribution in [1.82, 2.24) is 0 Å². The molecule has 3 atom stereocenters. The van der Waals surface area contributed by atoms with Crippen LogP contribution >= 0.6 is 0 Å². The molecule has 224 valence electrons. The van der Waals surface area contributed by atoms with Crippen molar-refractivity contribution in [3.8, 4) is 11.5 Å². The van der Waals surface area contributed by atoms with Gasteiger partial charge < -0.3 is 23.4 Å². The quantitative estimate of drug-likeness (QED) is 0.217. The summed E-state index contributed by atoms with van der Waals surface area (Å²) in [6, 6.07) is 12.8. The third-order valence-corrected chi connectivity index (χ3v) is 12.6. The molecule has 7 nitrogen and oxygen atoms in total. The van der Waals surface area contributed by atoms with E-state index in [1.54, 1.807) is 20.1 Å². The van der Waals surface area contributed by atoms with Gasteiger partial charge in [-0.3, -0.25) is 9.59 Å². The SMILES string of the molecule is COc1cc2oc(C)cc(=O)c2c(OCc2ccccc2)c1C[C@H](C)C(=O)C[C@@H](O)C[C@H](C)O[Si](C)(C)C(C)(C)C. The van der Waals surface area contributed by atoms with Gasteiger partial charge in [0.15, 0.2) is 13.7 Å². The Morgan fingerprint density at radius 2 is 1.76 bits per heavy atom. The molecule has 1 heterocycles. The number of ketones is 1. The molecule has 0 unspecified atom stereocenters. The van der Waals surface area contributed by atoms with E-state index in [-0.39, 0.29) is 41.8 Å². The second-order valence-corrected chi connectivity index (χ2v) is 17.4. The molecular formula is C33H46O7Si. The zero-order chi connectivity index (χ0) is 30.5. The first kappa shape index (κ1) is 32.6. The van der Waals surface area contributed by atoms with E-state index in [1.165, 1.54) is 6.07 Å². The lowest BCUT2D eigenvalue weighted by Crippen LogP contribution is -2.44. The van der Waals surface area contributed by atoms with Gasteiger partial charge in [-0.05, 0) is 50.4 Å². The monoisotopic (exact) mass is 582 g/mol. The van der Waals surface area contributed by atoms with E-state index < -0.39 is 20.3 Å². The first-order valence-corrected chi connectivity index (χ1v) is 17.2. The summed E-state index contributed by atoms with van der Waals surface area (Å²) in [5.41, 5.74) is 1.70. The van der Waals surface area contributed by atoms with Gasteiger partial charge in [0.2, 0.25) is 0 Å². The normalized spacial score (nSPS) is 14.5. The molecule has 0 bridgehead atoms. The average molecular weight is 583 g/mol. The average Bonchev–Trinajstić information content (AvgIpc) is 2.86. The van der Waals surface area contributed by atoms with Crippen LogP contribution < -0.4 is 14.9 Å². The number of aliphatic hydroxyl groups is 1. The Morgan fingerprint density at radius 1 is 1.10 bits per heavy atom. The molecule has 0 saturated heterocycles. The molecule has 1 aromatic heterocycles. The third kappa shape index (κ3) is 8.30. The van der Waals surface area contributed by atoms with Gasteiger partial charge in [-0.25, -0.2) is 0 Å². The lowest BCUT2D eigenvalue weighted by molar-refractivity contribution is -0.124. The topological polar surface area (TPSA) is 95.2 Å². The molecule has 0 aliphatic heterocycles. The van der Waals surface area contributed by atoms with E-state index in [2.05, 4.69) is 33.9 Å². The number of ether oxygens (including phenoxy) is 2. The number of Topliss-reactive ketones (excluding diaryl/α,β-unsaturated/α-hetero) is 1. The van der Waals surface area contributed by atoms with Crippen LogP contribution in [-0.2, 0) is 22.2 Å². The minimum absolute atomic E-state index is 0.0177. The summed E-state index contributed by atoms with van der Waals surface area (Å²) in [5.74, 6) is 0.781.